The van der Waals surface area contributed by atoms with Crippen molar-refractivity contribution in [2.24, 2.45) is 0 Å². The predicted octanol–water partition coefficient (Wildman–Crippen LogP) is 2.47. The maximum absolute atomic E-state index is 12.2. The summed E-state index contributed by atoms with van der Waals surface area (Å²) in [5.74, 6) is 0.639. The van der Waals surface area contributed by atoms with Gasteiger partial charge in [-0.3, -0.25) is 14.5 Å². The van der Waals surface area contributed by atoms with Gasteiger partial charge in [-0.1, -0.05) is 12.1 Å². The molecule has 1 N–H and O–H groups in total. The first kappa shape index (κ1) is 19.5. The van der Waals surface area contributed by atoms with Gasteiger partial charge in [-0.05, 0) is 49.0 Å². The molecule has 0 saturated heterocycles. The number of methoxy groups -OCH3 is 1. The van der Waals surface area contributed by atoms with Crippen LogP contribution in [0.15, 0.2) is 48.5 Å². The number of hydrogen-bond acceptors (Lipinski definition) is 4. The fourth-order valence-corrected chi connectivity index (χ4v) is 2.50. The smallest absolute Gasteiger partial charge is 0.253 e. The van der Waals surface area contributed by atoms with Gasteiger partial charge in [0.25, 0.3) is 5.91 Å². The van der Waals surface area contributed by atoms with Crippen molar-refractivity contribution < 1.29 is 14.3 Å². The van der Waals surface area contributed by atoms with Crippen molar-refractivity contribution in [2.75, 3.05) is 40.1 Å². The average Bonchev–Trinajstić information content (AvgIpc) is 2.62. The Morgan fingerprint density at radius 1 is 0.962 bits per heavy atom. The van der Waals surface area contributed by atoms with Crippen molar-refractivity contribution in [3.63, 3.8) is 0 Å². The van der Waals surface area contributed by atoms with Gasteiger partial charge < -0.3 is 15.0 Å². The van der Waals surface area contributed by atoms with E-state index in [2.05, 4.69) is 5.32 Å². The second kappa shape index (κ2) is 9.01. The zero-order chi connectivity index (χ0) is 19.1. The Morgan fingerprint density at radius 2 is 1.58 bits per heavy atom. The van der Waals surface area contributed by atoms with Crippen LogP contribution >= 0.6 is 0 Å². The number of amides is 2. The van der Waals surface area contributed by atoms with Crippen molar-refractivity contribution in [1.82, 2.24) is 9.80 Å². The summed E-state index contributed by atoms with van der Waals surface area (Å²) in [4.78, 5) is 27.5. The standard InChI is InChI=1S/C20H25N3O3/c1-22(2)20(25)16-7-9-17(10-8-16)21-19(24)14-23(3)13-15-5-11-18(26-4)12-6-15/h5-12H,13-14H2,1-4H3,(H,21,24). The first-order valence-corrected chi connectivity index (χ1v) is 8.32. The Bertz CT molecular complexity index is 740. The number of nitrogens with zero attached hydrogens (tertiary/aromatic N) is 2. The lowest BCUT2D eigenvalue weighted by Gasteiger charge is -2.17. The van der Waals surface area contributed by atoms with E-state index in [0.29, 0.717) is 17.8 Å². The maximum atomic E-state index is 12.2. The minimum Gasteiger partial charge on any atom is -0.497 e. The van der Waals surface area contributed by atoms with Crippen LogP contribution in [0.3, 0.4) is 0 Å². The maximum Gasteiger partial charge on any atom is 0.253 e. The Labute approximate surface area is 154 Å². The van der Waals surface area contributed by atoms with E-state index in [4.69, 9.17) is 4.74 Å². The lowest BCUT2D eigenvalue weighted by molar-refractivity contribution is -0.117. The number of carbonyl (C=O) groups is 2. The molecule has 0 heterocycles. The summed E-state index contributed by atoms with van der Waals surface area (Å²) < 4.78 is 5.14. The van der Waals surface area contributed by atoms with Gasteiger partial charge in [0, 0.05) is 31.9 Å². The number of hydrogen-bond donors (Lipinski definition) is 1. The molecule has 6 nitrogen and oxygen atoms in total. The summed E-state index contributed by atoms with van der Waals surface area (Å²) >= 11 is 0. The van der Waals surface area contributed by atoms with Crippen molar-refractivity contribution in [1.29, 1.82) is 0 Å². The summed E-state index contributed by atoms with van der Waals surface area (Å²) in [6.07, 6.45) is 0. The Morgan fingerprint density at radius 3 is 2.12 bits per heavy atom. The molecule has 0 spiro atoms. The highest BCUT2D eigenvalue weighted by Gasteiger charge is 2.10. The lowest BCUT2D eigenvalue weighted by atomic mass is 10.2. The van der Waals surface area contributed by atoms with E-state index in [1.165, 1.54) is 4.90 Å². The van der Waals surface area contributed by atoms with Crippen molar-refractivity contribution >= 4 is 17.5 Å². The summed E-state index contributed by atoms with van der Waals surface area (Å²) in [6, 6.07) is 14.6. The molecule has 2 amide bonds. The lowest BCUT2D eigenvalue weighted by Crippen LogP contribution is -2.29. The molecule has 0 unspecified atom stereocenters. The molecule has 2 rings (SSSR count). The highest BCUT2D eigenvalue weighted by Crippen LogP contribution is 2.13. The third kappa shape index (κ3) is 5.60. The second-order valence-electron chi connectivity index (χ2n) is 6.35. The topological polar surface area (TPSA) is 61.9 Å². The normalized spacial score (nSPS) is 10.5. The summed E-state index contributed by atoms with van der Waals surface area (Å²) in [5.41, 5.74) is 2.36. The summed E-state index contributed by atoms with van der Waals surface area (Å²) in [6.45, 7) is 0.929. The molecule has 0 aliphatic heterocycles. The van der Waals surface area contributed by atoms with Crippen molar-refractivity contribution in [3.8, 4) is 5.75 Å². The highest BCUT2D eigenvalue weighted by molar-refractivity contribution is 5.95. The molecular weight excluding hydrogens is 330 g/mol. The fourth-order valence-electron chi connectivity index (χ4n) is 2.50. The Kier molecular flexibility index (Phi) is 6.74. The van der Waals surface area contributed by atoms with Gasteiger partial charge in [0.1, 0.15) is 5.75 Å². The van der Waals surface area contributed by atoms with Gasteiger partial charge in [-0.25, -0.2) is 0 Å². The minimum atomic E-state index is -0.104. The Hall–Kier alpha value is -2.86. The van der Waals surface area contributed by atoms with E-state index in [9.17, 15) is 9.59 Å². The quantitative estimate of drug-likeness (QED) is 0.829. The molecule has 0 fully saturated rings. The predicted molar refractivity (Wildman–Crippen MR) is 102 cm³/mol. The van der Waals surface area contributed by atoms with E-state index >= 15 is 0 Å². The van der Waals surface area contributed by atoms with Crippen molar-refractivity contribution in [2.45, 2.75) is 6.54 Å². The largest absolute Gasteiger partial charge is 0.497 e. The van der Waals surface area contributed by atoms with Gasteiger partial charge in [0.15, 0.2) is 0 Å². The molecule has 0 aromatic heterocycles. The zero-order valence-corrected chi connectivity index (χ0v) is 15.7. The molecule has 0 aliphatic rings. The van der Waals surface area contributed by atoms with Crippen molar-refractivity contribution in [3.05, 3.63) is 59.7 Å². The molecule has 26 heavy (non-hydrogen) atoms. The minimum absolute atomic E-state index is 0.0675. The van der Waals surface area contributed by atoms with Crippen LogP contribution in [-0.4, -0.2) is 56.4 Å². The molecule has 0 radical (unpaired) electrons. The van der Waals surface area contributed by atoms with Crippen LogP contribution in [0.4, 0.5) is 5.69 Å². The molecule has 138 valence electrons. The molecule has 2 aromatic carbocycles. The van der Waals surface area contributed by atoms with Crippen LogP contribution in [0.5, 0.6) is 5.75 Å². The Balaban J connectivity index is 1.86. The fraction of sp³-hybridized carbons (Fsp3) is 0.300. The zero-order valence-electron chi connectivity index (χ0n) is 15.7. The van der Waals surface area contributed by atoms with Gasteiger partial charge in [0.05, 0.1) is 13.7 Å². The number of rotatable bonds is 7. The van der Waals surface area contributed by atoms with E-state index in [-0.39, 0.29) is 18.4 Å². The van der Waals surface area contributed by atoms with Crippen LogP contribution in [0.2, 0.25) is 0 Å². The van der Waals surface area contributed by atoms with Crippen LogP contribution in [0.1, 0.15) is 15.9 Å². The number of carbonyl (C=O) groups excluding carboxylic acids is 2. The van der Waals surface area contributed by atoms with E-state index in [1.54, 1.807) is 45.5 Å². The van der Waals surface area contributed by atoms with Crippen LogP contribution in [-0.2, 0) is 11.3 Å². The van der Waals surface area contributed by atoms with Crippen LogP contribution in [0.25, 0.3) is 0 Å². The molecule has 2 aromatic rings. The van der Waals surface area contributed by atoms with Gasteiger partial charge in [0.2, 0.25) is 5.91 Å². The third-order valence-corrected chi connectivity index (χ3v) is 3.85. The van der Waals surface area contributed by atoms with E-state index < -0.39 is 0 Å². The van der Waals surface area contributed by atoms with Gasteiger partial charge in [-0.15, -0.1) is 0 Å². The number of benzene rings is 2. The first-order chi connectivity index (χ1) is 12.4. The second-order valence-corrected chi connectivity index (χ2v) is 6.35. The molecule has 6 heteroatoms. The number of ether oxygens (including phenoxy) is 1. The van der Waals surface area contributed by atoms with E-state index in [1.807, 2.05) is 36.2 Å². The number of likely N-dealkylation sites (N-methyl/N-ethyl adjacent to an activating group) is 1. The molecule has 0 bridgehead atoms. The number of anilines is 1. The van der Waals surface area contributed by atoms with Crippen LogP contribution in [0, 0.1) is 0 Å². The van der Waals surface area contributed by atoms with Crippen LogP contribution < -0.4 is 10.1 Å². The SMILES string of the molecule is COc1ccc(CN(C)CC(=O)Nc2ccc(C(=O)N(C)C)cc2)cc1. The highest BCUT2D eigenvalue weighted by atomic mass is 16.5. The third-order valence-electron chi connectivity index (χ3n) is 3.85. The summed E-state index contributed by atoms with van der Waals surface area (Å²) in [7, 11) is 6.93. The van der Waals surface area contributed by atoms with Gasteiger partial charge in [-0.2, -0.15) is 0 Å². The number of nitrogens with one attached hydrogen (secondary N) is 1. The molecule has 0 aliphatic carbocycles. The molecule has 0 saturated carbocycles. The molecule has 0 atom stereocenters. The summed E-state index contributed by atoms with van der Waals surface area (Å²) in [5, 5.41) is 2.85. The van der Waals surface area contributed by atoms with E-state index in [0.717, 1.165) is 11.3 Å². The van der Waals surface area contributed by atoms with Gasteiger partial charge >= 0.3 is 0 Å². The monoisotopic (exact) mass is 355 g/mol. The first-order valence-electron chi connectivity index (χ1n) is 8.32. The molecular formula is C20H25N3O3. The average molecular weight is 355 g/mol.